The summed E-state index contributed by atoms with van der Waals surface area (Å²) in [5.41, 5.74) is 13.0. The zero-order valence-corrected chi connectivity index (χ0v) is 22.3. The lowest BCUT2D eigenvalue weighted by atomic mass is 10.0. The predicted molar refractivity (Wildman–Crippen MR) is 143 cm³/mol. The highest BCUT2D eigenvalue weighted by molar-refractivity contribution is 5.94. The van der Waals surface area contributed by atoms with Crippen LogP contribution in [0.2, 0.25) is 0 Å². The first-order valence-electron chi connectivity index (χ1n) is 12.7. The van der Waals surface area contributed by atoms with Gasteiger partial charge in [0.15, 0.2) is 0 Å². The summed E-state index contributed by atoms with van der Waals surface area (Å²) < 4.78 is 0. The van der Waals surface area contributed by atoms with Gasteiger partial charge in [-0.1, -0.05) is 32.0 Å². The molecule has 0 fully saturated rings. The molecule has 5 atom stereocenters. The van der Waals surface area contributed by atoms with Gasteiger partial charge in [-0.2, -0.15) is 0 Å². The molecule has 1 aromatic carbocycles. The standard InChI is InChI=1S/C26H38N6O7/c1-13(2)10-20(31-23(35)17(27)11-15-12-29-18-7-5-4-6-16(15)18)24(36)32-22(14(3)33)25(37)30-19(26(38)39)8-9-21(28)34/h4-7,12-14,17,19-20,22,29,33H,8-11,27H2,1-3H3,(H2,28,34)(H,30,37)(H,31,35)(H,32,36)(H,38,39). The van der Waals surface area contributed by atoms with Crippen molar-refractivity contribution in [1.29, 1.82) is 0 Å². The van der Waals surface area contributed by atoms with E-state index in [1.807, 2.05) is 38.1 Å². The highest BCUT2D eigenvalue weighted by Crippen LogP contribution is 2.19. The molecule has 0 aliphatic rings. The number of benzene rings is 1. The Morgan fingerprint density at radius 2 is 1.59 bits per heavy atom. The van der Waals surface area contributed by atoms with Gasteiger partial charge in [0.1, 0.15) is 18.1 Å². The third-order valence-corrected chi connectivity index (χ3v) is 6.15. The zero-order valence-electron chi connectivity index (χ0n) is 22.3. The lowest BCUT2D eigenvalue weighted by Gasteiger charge is -2.27. The third kappa shape index (κ3) is 9.37. The highest BCUT2D eigenvalue weighted by atomic mass is 16.4. The van der Waals surface area contributed by atoms with Crippen molar-refractivity contribution in [3.63, 3.8) is 0 Å². The van der Waals surface area contributed by atoms with Crippen LogP contribution in [-0.2, 0) is 30.4 Å². The number of nitrogens with two attached hydrogens (primary N) is 2. The maximum absolute atomic E-state index is 13.1. The van der Waals surface area contributed by atoms with E-state index >= 15 is 0 Å². The van der Waals surface area contributed by atoms with Crippen LogP contribution >= 0.6 is 0 Å². The number of carbonyl (C=O) groups excluding carboxylic acids is 4. The SMILES string of the molecule is CC(C)CC(NC(=O)C(N)Cc1c[nH]c2ccccc12)C(=O)NC(C(=O)NC(CCC(N)=O)C(=O)O)C(C)O. The van der Waals surface area contributed by atoms with Crippen LogP contribution in [0, 0.1) is 5.92 Å². The molecule has 1 heterocycles. The van der Waals surface area contributed by atoms with Crippen molar-refractivity contribution in [2.75, 3.05) is 0 Å². The van der Waals surface area contributed by atoms with Crippen LogP contribution in [0.15, 0.2) is 30.5 Å². The average Bonchev–Trinajstić information content (AvgIpc) is 3.26. The summed E-state index contributed by atoms with van der Waals surface area (Å²) in [5.74, 6) is -4.48. The van der Waals surface area contributed by atoms with Crippen molar-refractivity contribution in [3.05, 3.63) is 36.0 Å². The first kappa shape index (κ1) is 31.2. The molecule has 0 bridgehead atoms. The topological polar surface area (TPSA) is 230 Å². The van der Waals surface area contributed by atoms with Crippen molar-refractivity contribution >= 4 is 40.5 Å². The van der Waals surface area contributed by atoms with E-state index in [4.69, 9.17) is 11.5 Å². The summed E-state index contributed by atoms with van der Waals surface area (Å²) in [7, 11) is 0. The fourth-order valence-corrected chi connectivity index (χ4v) is 4.08. The molecule has 39 heavy (non-hydrogen) atoms. The maximum Gasteiger partial charge on any atom is 0.326 e. The number of primary amides is 1. The van der Waals surface area contributed by atoms with Gasteiger partial charge in [0.25, 0.3) is 0 Å². The summed E-state index contributed by atoms with van der Waals surface area (Å²) in [6.07, 6.45) is 0.241. The molecule has 4 amide bonds. The van der Waals surface area contributed by atoms with Gasteiger partial charge in [-0.3, -0.25) is 19.2 Å². The third-order valence-electron chi connectivity index (χ3n) is 6.15. The number of amides is 4. The molecule has 0 spiro atoms. The second-order valence-electron chi connectivity index (χ2n) is 9.99. The highest BCUT2D eigenvalue weighted by Gasteiger charge is 2.33. The molecule has 0 aliphatic heterocycles. The molecule has 214 valence electrons. The number of aliphatic hydroxyl groups is 1. The molecule has 13 nitrogen and oxygen atoms in total. The van der Waals surface area contributed by atoms with Gasteiger partial charge in [0.2, 0.25) is 23.6 Å². The predicted octanol–water partition coefficient (Wildman–Crippen LogP) is -0.731. The summed E-state index contributed by atoms with van der Waals surface area (Å²) in [6.45, 7) is 4.93. The number of aromatic nitrogens is 1. The summed E-state index contributed by atoms with van der Waals surface area (Å²) in [5, 5.41) is 27.7. The number of H-pyrrole nitrogens is 1. The molecular formula is C26H38N6O7. The minimum Gasteiger partial charge on any atom is -0.480 e. The number of aliphatic carboxylic acids is 1. The fraction of sp³-hybridized carbons (Fsp3) is 0.500. The number of para-hydroxylation sites is 1. The average molecular weight is 547 g/mol. The number of carbonyl (C=O) groups is 5. The van der Waals surface area contributed by atoms with Crippen LogP contribution in [0.4, 0.5) is 0 Å². The number of carboxylic acids is 1. The van der Waals surface area contributed by atoms with Gasteiger partial charge >= 0.3 is 5.97 Å². The normalized spacial score (nSPS) is 15.1. The minimum atomic E-state index is -1.53. The molecule has 10 N–H and O–H groups in total. The Kier molecular flexibility index (Phi) is 11.4. The lowest BCUT2D eigenvalue weighted by Crippen LogP contribution is -2.60. The Balaban J connectivity index is 2.10. The van der Waals surface area contributed by atoms with E-state index in [2.05, 4.69) is 20.9 Å². The number of aliphatic hydroxyl groups excluding tert-OH is 1. The second-order valence-corrected chi connectivity index (χ2v) is 9.99. The lowest BCUT2D eigenvalue weighted by molar-refractivity contribution is -0.143. The van der Waals surface area contributed by atoms with E-state index in [1.54, 1.807) is 6.20 Å². The van der Waals surface area contributed by atoms with Crippen molar-refractivity contribution < 1.29 is 34.2 Å². The molecule has 5 unspecified atom stereocenters. The number of nitrogens with one attached hydrogen (secondary N) is 4. The molecule has 13 heteroatoms. The second kappa shape index (κ2) is 14.3. The molecule has 1 aromatic heterocycles. The number of hydrogen-bond acceptors (Lipinski definition) is 7. The van der Waals surface area contributed by atoms with Crippen LogP contribution in [0.25, 0.3) is 10.9 Å². The quantitative estimate of drug-likeness (QED) is 0.142. The number of carboxylic acid groups (broad SMARTS) is 1. The first-order chi connectivity index (χ1) is 18.3. The summed E-state index contributed by atoms with van der Waals surface area (Å²) in [6, 6.07) is 2.53. The van der Waals surface area contributed by atoms with Crippen molar-refractivity contribution in [1.82, 2.24) is 20.9 Å². The van der Waals surface area contributed by atoms with E-state index in [-0.39, 0.29) is 31.6 Å². The van der Waals surface area contributed by atoms with Crippen molar-refractivity contribution in [2.24, 2.45) is 17.4 Å². The molecular weight excluding hydrogens is 508 g/mol. The molecule has 0 aliphatic carbocycles. The van der Waals surface area contributed by atoms with Crippen molar-refractivity contribution in [3.8, 4) is 0 Å². The van der Waals surface area contributed by atoms with Crippen LogP contribution in [-0.4, -0.2) is 75.1 Å². The molecule has 2 aromatic rings. The van der Waals surface area contributed by atoms with E-state index < -0.39 is 59.9 Å². The molecule has 2 rings (SSSR count). The van der Waals surface area contributed by atoms with E-state index in [0.717, 1.165) is 16.5 Å². The van der Waals surface area contributed by atoms with Crippen molar-refractivity contribution in [2.45, 2.75) is 76.7 Å². The van der Waals surface area contributed by atoms with Gasteiger partial charge < -0.3 is 42.6 Å². The summed E-state index contributed by atoms with van der Waals surface area (Å²) in [4.78, 5) is 64.5. The van der Waals surface area contributed by atoms with E-state index in [0.29, 0.717) is 0 Å². The Bertz CT molecular complexity index is 1180. The summed E-state index contributed by atoms with van der Waals surface area (Å²) >= 11 is 0. The fourth-order valence-electron chi connectivity index (χ4n) is 4.08. The van der Waals surface area contributed by atoms with Crippen LogP contribution in [0.1, 0.15) is 45.6 Å². The first-order valence-corrected chi connectivity index (χ1v) is 12.7. The minimum absolute atomic E-state index is 0.0325. The van der Waals surface area contributed by atoms with E-state index in [9.17, 15) is 34.2 Å². The Hall–Kier alpha value is -3.97. The molecule has 0 radical (unpaired) electrons. The zero-order chi connectivity index (χ0) is 29.3. The number of aromatic amines is 1. The Labute approximate surface area is 226 Å². The Morgan fingerprint density at radius 3 is 2.18 bits per heavy atom. The van der Waals surface area contributed by atoms with Crippen LogP contribution < -0.4 is 27.4 Å². The van der Waals surface area contributed by atoms with E-state index in [1.165, 1.54) is 6.92 Å². The van der Waals surface area contributed by atoms with Gasteiger partial charge in [-0.15, -0.1) is 0 Å². The van der Waals surface area contributed by atoms with Gasteiger partial charge in [0, 0.05) is 23.5 Å². The molecule has 0 saturated heterocycles. The van der Waals surface area contributed by atoms with Gasteiger partial charge in [0.05, 0.1) is 12.1 Å². The number of rotatable bonds is 15. The van der Waals surface area contributed by atoms with Crippen LogP contribution in [0.5, 0.6) is 0 Å². The van der Waals surface area contributed by atoms with Gasteiger partial charge in [-0.25, -0.2) is 4.79 Å². The van der Waals surface area contributed by atoms with Crippen LogP contribution in [0.3, 0.4) is 0 Å². The number of fused-ring (bicyclic) bond motifs is 1. The smallest absolute Gasteiger partial charge is 0.326 e. The monoisotopic (exact) mass is 546 g/mol. The Morgan fingerprint density at radius 1 is 0.949 bits per heavy atom. The largest absolute Gasteiger partial charge is 0.480 e. The molecule has 0 saturated carbocycles. The van der Waals surface area contributed by atoms with Gasteiger partial charge in [-0.05, 0) is 43.7 Å². The number of hydrogen-bond donors (Lipinski definition) is 8. The maximum atomic E-state index is 13.1.